The van der Waals surface area contributed by atoms with Crippen molar-refractivity contribution in [2.75, 3.05) is 13.7 Å². The molecule has 0 radical (unpaired) electrons. The molecule has 8 atom stereocenters. The first-order chi connectivity index (χ1) is 18.9. The number of hydrogen-bond acceptors (Lipinski definition) is 10. The SMILES string of the molecule is COc1cc(C)c2ccc(O)c(C(=O)O[C@@H]3C[C@@]4(O)C#C[C@]5([C@H]6COC(C)(C)O6)O[C@@H]5C#C[C@H](O)[C@@]45O[C@@H]35)c2c1. The highest BCUT2D eigenvalue weighted by Crippen LogP contribution is 2.59. The van der Waals surface area contributed by atoms with E-state index in [2.05, 4.69) is 23.7 Å². The summed E-state index contributed by atoms with van der Waals surface area (Å²) >= 11 is 0. The second-order valence-corrected chi connectivity index (χ2v) is 11.4. The zero-order chi connectivity index (χ0) is 28.2. The fraction of sp³-hybridized carbons (Fsp3) is 0.500. The van der Waals surface area contributed by atoms with Crippen molar-refractivity contribution in [1.29, 1.82) is 0 Å². The number of esters is 1. The van der Waals surface area contributed by atoms with Crippen molar-refractivity contribution < 1.29 is 48.5 Å². The maximum Gasteiger partial charge on any atom is 0.342 e. The normalized spacial score (nSPS) is 39.6. The quantitative estimate of drug-likeness (QED) is 0.291. The van der Waals surface area contributed by atoms with Crippen molar-refractivity contribution in [3.05, 3.63) is 35.4 Å². The van der Waals surface area contributed by atoms with Crippen LogP contribution >= 0.6 is 0 Å². The molecule has 10 nitrogen and oxygen atoms in total. The topological polar surface area (TPSA) is 140 Å². The van der Waals surface area contributed by atoms with Gasteiger partial charge >= 0.3 is 5.97 Å². The molecule has 3 heterocycles. The molecule has 1 spiro atoms. The second kappa shape index (κ2) is 8.11. The largest absolute Gasteiger partial charge is 0.507 e. The van der Waals surface area contributed by atoms with Crippen LogP contribution in [0.4, 0.5) is 0 Å². The van der Waals surface area contributed by atoms with Crippen LogP contribution in [0.15, 0.2) is 24.3 Å². The standard InChI is InChI=1S/C30H28O10/c1-15-11-16(35-4)12-18-17(15)5-6-19(31)24(18)26(33)37-20-13-28(34)9-10-29(23-14-36-27(2,3)38-23)22(39-29)8-7-21(32)30(28)25(20)40-30/h5-6,11-12,20-23,25,31-32,34H,13-14H2,1-4H3/t20-,21+,22-,23-,25+,28+,29+,30+/m1/s1. The minimum absolute atomic E-state index is 0.0390. The van der Waals surface area contributed by atoms with Crippen molar-refractivity contribution in [2.45, 2.75) is 80.3 Å². The van der Waals surface area contributed by atoms with Crippen molar-refractivity contribution in [3.63, 3.8) is 0 Å². The van der Waals surface area contributed by atoms with Gasteiger partial charge in [-0.15, -0.1) is 0 Å². The molecule has 3 aliphatic heterocycles. The third-order valence-electron chi connectivity index (χ3n) is 8.51. The maximum absolute atomic E-state index is 13.5. The molecule has 208 valence electrons. The number of phenolic OH excluding ortho intramolecular Hbond substituents is 1. The lowest BCUT2D eigenvalue weighted by molar-refractivity contribution is -0.143. The molecule has 5 aliphatic rings. The Bertz CT molecular complexity index is 1590. The summed E-state index contributed by atoms with van der Waals surface area (Å²) in [4.78, 5) is 13.5. The average Bonchev–Trinajstić information content (AvgIpc) is 3.77. The van der Waals surface area contributed by atoms with E-state index in [4.69, 9.17) is 28.4 Å². The summed E-state index contributed by atoms with van der Waals surface area (Å²) < 4.78 is 34.5. The number of carbonyl (C=O) groups excluding carboxylic acids is 1. The number of aliphatic hydroxyl groups is 2. The van der Waals surface area contributed by atoms with Crippen molar-refractivity contribution >= 4 is 16.7 Å². The van der Waals surface area contributed by atoms with E-state index in [0.29, 0.717) is 11.1 Å². The van der Waals surface area contributed by atoms with E-state index in [1.807, 2.05) is 13.0 Å². The Morgan fingerprint density at radius 1 is 1.10 bits per heavy atom. The Balaban J connectivity index is 1.21. The van der Waals surface area contributed by atoms with Crippen molar-refractivity contribution in [3.8, 4) is 35.2 Å². The smallest absolute Gasteiger partial charge is 0.342 e. The van der Waals surface area contributed by atoms with E-state index >= 15 is 0 Å². The molecular formula is C30H28O10. The first-order valence-electron chi connectivity index (χ1n) is 13.1. The van der Waals surface area contributed by atoms with Crippen LogP contribution in [-0.4, -0.2) is 88.1 Å². The predicted molar refractivity (Wildman–Crippen MR) is 137 cm³/mol. The highest BCUT2D eigenvalue weighted by Gasteiger charge is 2.81. The van der Waals surface area contributed by atoms with Crippen LogP contribution in [0.5, 0.6) is 11.5 Å². The second-order valence-electron chi connectivity index (χ2n) is 11.4. The molecule has 2 aromatic carbocycles. The summed E-state index contributed by atoms with van der Waals surface area (Å²) in [6, 6.07) is 6.62. The summed E-state index contributed by atoms with van der Waals surface area (Å²) in [5.74, 6) is 10.2. The van der Waals surface area contributed by atoms with Crippen LogP contribution in [-0.2, 0) is 23.7 Å². The van der Waals surface area contributed by atoms with Crippen LogP contribution < -0.4 is 4.74 Å². The van der Waals surface area contributed by atoms with E-state index in [9.17, 15) is 20.1 Å². The minimum Gasteiger partial charge on any atom is -0.507 e. The third kappa shape index (κ3) is 3.45. The zero-order valence-corrected chi connectivity index (χ0v) is 22.3. The third-order valence-corrected chi connectivity index (χ3v) is 8.51. The Labute approximate surface area is 230 Å². The minimum atomic E-state index is -1.90. The number of rotatable bonds is 4. The lowest BCUT2D eigenvalue weighted by atomic mass is 9.85. The molecule has 0 aromatic heterocycles. The number of phenols is 1. The van der Waals surface area contributed by atoms with Gasteiger partial charge in [0.1, 0.15) is 41.5 Å². The number of aryl methyl sites for hydroxylation is 1. The molecule has 40 heavy (non-hydrogen) atoms. The van der Waals surface area contributed by atoms with Gasteiger partial charge in [-0.05, 0) is 49.9 Å². The molecule has 0 amide bonds. The number of hydrogen-bond donors (Lipinski definition) is 3. The summed E-state index contributed by atoms with van der Waals surface area (Å²) in [7, 11) is 1.51. The van der Waals surface area contributed by atoms with Crippen molar-refractivity contribution in [1.82, 2.24) is 0 Å². The number of benzene rings is 2. The van der Waals surface area contributed by atoms with Gasteiger partial charge in [0.2, 0.25) is 0 Å². The van der Waals surface area contributed by atoms with Crippen LogP contribution in [0.2, 0.25) is 0 Å². The number of carbonyl (C=O) groups is 1. The van der Waals surface area contributed by atoms with Gasteiger partial charge in [-0.2, -0.15) is 0 Å². The van der Waals surface area contributed by atoms with Gasteiger partial charge in [0.15, 0.2) is 28.7 Å². The number of fused-ring (bicyclic) bond motifs is 2. The summed E-state index contributed by atoms with van der Waals surface area (Å²) in [6.07, 6.45) is -4.57. The van der Waals surface area contributed by atoms with Gasteiger partial charge in [0, 0.05) is 11.8 Å². The number of epoxide rings is 2. The molecule has 2 aromatic rings. The van der Waals surface area contributed by atoms with Gasteiger partial charge in [0.05, 0.1) is 13.7 Å². The highest BCUT2D eigenvalue weighted by molar-refractivity contribution is 6.08. The van der Waals surface area contributed by atoms with Gasteiger partial charge in [-0.3, -0.25) is 0 Å². The van der Waals surface area contributed by atoms with E-state index in [-0.39, 0.29) is 24.3 Å². The molecule has 1 saturated carbocycles. The van der Waals surface area contributed by atoms with Crippen LogP contribution in [0.1, 0.15) is 36.2 Å². The zero-order valence-electron chi connectivity index (χ0n) is 22.3. The van der Waals surface area contributed by atoms with Crippen molar-refractivity contribution in [2.24, 2.45) is 0 Å². The maximum atomic E-state index is 13.5. The van der Waals surface area contributed by atoms with Crippen LogP contribution in [0.25, 0.3) is 10.8 Å². The summed E-state index contributed by atoms with van der Waals surface area (Å²) in [6.45, 7) is 5.66. The predicted octanol–water partition coefficient (Wildman–Crippen LogP) is 1.33. The van der Waals surface area contributed by atoms with E-state index in [0.717, 1.165) is 10.9 Å². The molecule has 2 aliphatic carbocycles. The monoisotopic (exact) mass is 548 g/mol. The fourth-order valence-electron chi connectivity index (χ4n) is 6.30. The number of methoxy groups -OCH3 is 1. The van der Waals surface area contributed by atoms with Gasteiger partial charge in [-0.25, -0.2) is 4.79 Å². The van der Waals surface area contributed by atoms with Gasteiger partial charge < -0.3 is 43.7 Å². The first-order valence-corrected chi connectivity index (χ1v) is 13.1. The van der Waals surface area contributed by atoms with Crippen LogP contribution in [0.3, 0.4) is 0 Å². The molecule has 4 fully saturated rings. The summed E-state index contributed by atoms with van der Waals surface area (Å²) in [5.41, 5.74) is -3.79. The molecule has 10 heteroatoms. The molecule has 0 unspecified atom stereocenters. The lowest BCUT2D eigenvalue weighted by Crippen LogP contribution is -2.49. The molecule has 3 saturated heterocycles. The molecule has 7 rings (SSSR count). The van der Waals surface area contributed by atoms with Gasteiger partial charge in [0.25, 0.3) is 0 Å². The molecule has 0 bridgehead atoms. The van der Waals surface area contributed by atoms with E-state index < -0.39 is 59.1 Å². The molecule has 3 N–H and O–H groups in total. The molecular weight excluding hydrogens is 520 g/mol. The Hall–Kier alpha value is -3.35. The first kappa shape index (κ1) is 25.6. The fourth-order valence-corrected chi connectivity index (χ4v) is 6.30. The Morgan fingerprint density at radius 3 is 2.62 bits per heavy atom. The summed E-state index contributed by atoms with van der Waals surface area (Å²) in [5, 5.41) is 34.7. The Kier molecular flexibility index (Phi) is 5.19. The Morgan fingerprint density at radius 2 is 1.90 bits per heavy atom. The lowest BCUT2D eigenvalue weighted by Gasteiger charge is -2.28. The highest BCUT2D eigenvalue weighted by atomic mass is 16.8. The number of ether oxygens (including phenoxy) is 6. The number of aliphatic hydroxyl groups excluding tert-OH is 1. The van der Waals surface area contributed by atoms with E-state index in [1.165, 1.54) is 13.2 Å². The van der Waals surface area contributed by atoms with E-state index in [1.54, 1.807) is 26.0 Å². The van der Waals surface area contributed by atoms with Gasteiger partial charge in [-0.1, -0.05) is 29.7 Å². The average molecular weight is 549 g/mol. The van der Waals surface area contributed by atoms with Crippen LogP contribution in [0, 0.1) is 30.6 Å². The number of aromatic hydroxyl groups is 1.